The number of aromatic nitrogens is 1. The van der Waals surface area contributed by atoms with Gasteiger partial charge in [0.25, 0.3) is 5.91 Å². The topological polar surface area (TPSA) is 92.8 Å². The predicted octanol–water partition coefficient (Wildman–Crippen LogP) is 7.90. The fraction of sp³-hybridized carbons (Fsp3) is 0.0333. The summed E-state index contributed by atoms with van der Waals surface area (Å²) >= 11 is 16.2. The third-order valence-electron chi connectivity index (χ3n) is 5.97. The normalized spacial score (nSPS) is 11.1. The van der Waals surface area contributed by atoms with Gasteiger partial charge in [-0.2, -0.15) is 5.10 Å². The molecule has 1 amide bonds. The van der Waals surface area contributed by atoms with E-state index >= 15 is 0 Å². The van der Waals surface area contributed by atoms with E-state index < -0.39 is 11.9 Å². The zero-order valence-electron chi connectivity index (χ0n) is 20.9. The smallest absolute Gasteiger partial charge is 0.343 e. The molecule has 7 nitrogen and oxygen atoms in total. The summed E-state index contributed by atoms with van der Waals surface area (Å²) in [5, 5.41) is 5.66. The first-order valence-corrected chi connectivity index (χ1v) is 13.4. The Labute approximate surface area is 247 Å². The van der Waals surface area contributed by atoms with Gasteiger partial charge in [-0.15, -0.1) is 0 Å². The van der Waals surface area contributed by atoms with Crippen molar-refractivity contribution in [3.63, 3.8) is 0 Å². The summed E-state index contributed by atoms with van der Waals surface area (Å²) in [4.78, 5) is 29.2. The average Bonchev–Trinajstić information content (AvgIpc) is 3.34. The van der Waals surface area contributed by atoms with Crippen LogP contribution in [0.15, 0.2) is 94.5 Å². The van der Waals surface area contributed by atoms with Crippen LogP contribution in [0.2, 0.25) is 10.0 Å². The van der Waals surface area contributed by atoms with Crippen molar-refractivity contribution >= 4 is 68.1 Å². The van der Waals surface area contributed by atoms with Crippen LogP contribution in [0.5, 0.6) is 11.5 Å². The average molecular weight is 637 g/mol. The summed E-state index contributed by atoms with van der Waals surface area (Å²) in [7, 11) is 1.55. The largest absolute Gasteiger partial charge is 0.497 e. The first-order valence-electron chi connectivity index (χ1n) is 11.9. The Morgan fingerprint density at radius 2 is 1.73 bits per heavy atom. The van der Waals surface area contributed by atoms with Crippen LogP contribution in [-0.4, -0.2) is 30.2 Å². The number of nitrogens with one attached hydrogen (secondary N) is 2. The van der Waals surface area contributed by atoms with Crippen LogP contribution in [0, 0.1) is 0 Å². The molecule has 1 aromatic heterocycles. The number of amides is 1. The van der Waals surface area contributed by atoms with Crippen LogP contribution in [0.3, 0.4) is 0 Å². The lowest BCUT2D eigenvalue weighted by atomic mass is 10.0. The quantitative estimate of drug-likeness (QED) is 0.0822. The minimum atomic E-state index is -0.551. The summed E-state index contributed by atoms with van der Waals surface area (Å²) in [6.07, 6.45) is 1.40. The molecule has 0 fully saturated rings. The van der Waals surface area contributed by atoms with E-state index in [1.54, 1.807) is 61.7 Å². The molecule has 200 valence electrons. The Morgan fingerprint density at radius 3 is 2.45 bits per heavy atom. The Hall–Kier alpha value is -4.11. The number of aromatic amines is 1. The predicted molar refractivity (Wildman–Crippen MR) is 161 cm³/mol. The molecule has 0 aliphatic carbocycles. The second-order valence-corrected chi connectivity index (χ2v) is 10.3. The van der Waals surface area contributed by atoms with Gasteiger partial charge in [-0.25, -0.2) is 10.2 Å². The molecule has 0 spiro atoms. The molecule has 0 aliphatic rings. The van der Waals surface area contributed by atoms with E-state index in [1.165, 1.54) is 6.21 Å². The van der Waals surface area contributed by atoms with Gasteiger partial charge in [0.15, 0.2) is 0 Å². The monoisotopic (exact) mass is 635 g/mol. The van der Waals surface area contributed by atoms with E-state index in [0.29, 0.717) is 43.4 Å². The second-order valence-electron chi connectivity index (χ2n) is 8.55. The van der Waals surface area contributed by atoms with E-state index in [1.807, 2.05) is 30.3 Å². The second kappa shape index (κ2) is 12.0. The molecule has 0 saturated carbocycles. The molecule has 10 heteroatoms. The lowest BCUT2D eigenvalue weighted by molar-refractivity contribution is 0.0734. The van der Waals surface area contributed by atoms with Crippen molar-refractivity contribution in [2.24, 2.45) is 5.10 Å². The summed E-state index contributed by atoms with van der Waals surface area (Å²) in [5.74, 6) is -0.159. The third-order valence-corrected chi connectivity index (χ3v) is 6.98. The van der Waals surface area contributed by atoms with Crippen LogP contribution < -0.4 is 14.9 Å². The number of rotatable bonds is 7. The SMILES string of the molecule is COc1ccc(C(=O)Oc2ccc(Br)cc2C=NNC(=O)c2[nH]c3cc(Cl)cc(Cl)c3c2-c2ccccc2)cc1. The summed E-state index contributed by atoms with van der Waals surface area (Å²) < 4.78 is 11.5. The number of carbonyl (C=O) groups excluding carboxylic acids is 2. The Bertz CT molecular complexity index is 1750. The van der Waals surface area contributed by atoms with E-state index in [4.69, 9.17) is 32.7 Å². The van der Waals surface area contributed by atoms with Crippen molar-refractivity contribution in [2.45, 2.75) is 0 Å². The highest BCUT2D eigenvalue weighted by Crippen LogP contribution is 2.38. The molecule has 0 aliphatic heterocycles. The Balaban J connectivity index is 1.41. The van der Waals surface area contributed by atoms with Crippen molar-refractivity contribution in [2.75, 3.05) is 7.11 Å². The van der Waals surface area contributed by atoms with Gasteiger partial charge in [-0.1, -0.05) is 69.5 Å². The van der Waals surface area contributed by atoms with E-state index in [-0.39, 0.29) is 11.4 Å². The lowest BCUT2D eigenvalue weighted by Crippen LogP contribution is -2.19. The maximum atomic E-state index is 13.3. The number of hydrogen-bond acceptors (Lipinski definition) is 5. The number of H-pyrrole nitrogens is 1. The minimum Gasteiger partial charge on any atom is -0.497 e. The van der Waals surface area contributed by atoms with Crippen LogP contribution >= 0.6 is 39.1 Å². The molecule has 40 heavy (non-hydrogen) atoms. The van der Waals surface area contributed by atoms with Gasteiger partial charge < -0.3 is 14.5 Å². The molecule has 4 aromatic carbocycles. The third kappa shape index (κ3) is 5.89. The number of methoxy groups -OCH3 is 1. The number of fused-ring (bicyclic) bond motifs is 1. The lowest BCUT2D eigenvalue weighted by Gasteiger charge is -2.09. The number of halogens is 3. The molecule has 5 aromatic rings. The maximum Gasteiger partial charge on any atom is 0.343 e. The number of hydrogen-bond donors (Lipinski definition) is 2. The molecular formula is C30H20BrCl2N3O4. The number of esters is 1. The minimum absolute atomic E-state index is 0.263. The van der Waals surface area contributed by atoms with Gasteiger partial charge in [0.2, 0.25) is 0 Å². The van der Waals surface area contributed by atoms with Crippen LogP contribution in [-0.2, 0) is 0 Å². The number of benzene rings is 4. The van der Waals surface area contributed by atoms with E-state index in [0.717, 1.165) is 10.0 Å². The highest BCUT2D eigenvalue weighted by Gasteiger charge is 2.21. The van der Waals surface area contributed by atoms with Crippen molar-refractivity contribution in [1.29, 1.82) is 0 Å². The van der Waals surface area contributed by atoms with Gasteiger partial charge >= 0.3 is 5.97 Å². The summed E-state index contributed by atoms with van der Waals surface area (Å²) in [6.45, 7) is 0. The fourth-order valence-corrected chi connectivity index (χ4v) is 5.09. The van der Waals surface area contributed by atoms with Gasteiger partial charge in [0.1, 0.15) is 17.2 Å². The zero-order valence-corrected chi connectivity index (χ0v) is 24.0. The fourth-order valence-electron chi connectivity index (χ4n) is 4.13. The molecule has 1 heterocycles. The molecule has 0 atom stereocenters. The molecule has 2 N–H and O–H groups in total. The van der Waals surface area contributed by atoms with Crippen molar-refractivity contribution in [3.05, 3.63) is 116 Å². The van der Waals surface area contributed by atoms with Crippen LogP contribution in [0.4, 0.5) is 0 Å². The molecule has 0 saturated heterocycles. The number of carbonyl (C=O) groups is 2. The Morgan fingerprint density at radius 1 is 0.975 bits per heavy atom. The van der Waals surface area contributed by atoms with Crippen LogP contribution in [0.25, 0.3) is 22.0 Å². The molecular weight excluding hydrogens is 617 g/mol. The van der Waals surface area contributed by atoms with Gasteiger partial charge in [-0.05, 0) is 60.2 Å². The number of ether oxygens (including phenoxy) is 2. The standard InChI is InChI=1S/C30H20BrCl2N3O4/c1-39-22-10-7-18(8-11-22)30(38)40-25-12-9-20(31)13-19(25)16-34-36-29(37)28-26(17-5-3-2-4-6-17)27-23(33)14-21(32)15-24(27)35-28/h2-16,35H,1H3,(H,36,37). The molecule has 0 unspecified atom stereocenters. The van der Waals surface area contributed by atoms with Crippen molar-refractivity contribution in [3.8, 4) is 22.6 Å². The Kier molecular flexibility index (Phi) is 8.21. The maximum absolute atomic E-state index is 13.3. The van der Waals surface area contributed by atoms with Gasteiger partial charge in [0, 0.05) is 31.5 Å². The van der Waals surface area contributed by atoms with Crippen LogP contribution in [0.1, 0.15) is 26.4 Å². The molecule has 0 radical (unpaired) electrons. The van der Waals surface area contributed by atoms with E-state index in [9.17, 15) is 9.59 Å². The van der Waals surface area contributed by atoms with Gasteiger partial charge in [0.05, 0.1) is 23.9 Å². The van der Waals surface area contributed by atoms with Crippen molar-refractivity contribution < 1.29 is 19.1 Å². The first kappa shape index (κ1) is 27.5. The van der Waals surface area contributed by atoms with E-state index in [2.05, 4.69) is 31.4 Å². The number of nitrogens with zero attached hydrogens (tertiary/aromatic N) is 1. The highest BCUT2D eigenvalue weighted by molar-refractivity contribution is 9.10. The molecule has 5 rings (SSSR count). The zero-order chi connectivity index (χ0) is 28.2. The highest BCUT2D eigenvalue weighted by atomic mass is 79.9. The summed E-state index contributed by atoms with van der Waals surface area (Å²) in [6, 6.07) is 24.4. The first-order chi connectivity index (χ1) is 19.3. The van der Waals surface area contributed by atoms with Gasteiger partial charge in [-0.3, -0.25) is 4.79 Å². The summed E-state index contributed by atoms with van der Waals surface area (Å²) in [5.41, 5.74) is 5.67. The number of hydrazone groups is 1. The van der Waals surface area contributed by atoms with Crippen molar-refractivity contribution in [1.82, 2.24) is 10.4 Å². The molecule has 0 bridgehead atoms.